The standard InChI is InChI=1S/C27H37FN2O4/c1-18(16-28)9-10-20(3)34-17-26(31)29-12-11-19(2)27(32)30-13-14-33-25-15-23-7-6-8-24(25)22(5)21(23)4/h9-10,16,25H,2-3,6-8,11-15,17H2,1,4-5H3,(H,29,31)(H,30,32)/b10-9-,18-16+. The number of fused-ring (bicyclic) bond motifs is 4. The van der Waals surface area contributed by atoms with Crippen molar-refractivity contribution in [2.75, 3.05) is 26.3 Å². The molecule has 186 valence electrons. The summed E-state index contributed by atoms with van der Waals surface area (Å²) in [6.45, 7) is 14.3. The van der Waals surface area contributed by atoms with E-state index in [9.17, 15) is 14.0 Å². The molecular formula is C27H37FN2O4. The maximum absolute atomic E-state index is 12.3. The average molecular weight is 473 g/mol. The Hall–Kier alpha value is -2.93. The van der Waals surface area contributed by atoms with Crippen molar-refractivity contribution >= 4 is 11.8 Å². The fraction of sp³-hybridized carbons (Fsp3) is 0.481. The number of hydrogen-bond acceptors (Lipinski definition) is 4. The average Bonchev–Trinajstić information content (AvgIpc) is 3.11. The van der Waals surface area contributed by atoms with Crippen molar-refractivity contribution < 1.29 is 23.5 Å². The number of rotatable bonds is 13. The molecule has 1 atom stereocenters. The molecule has 3 aliphatic carbocycles. The van der Waals surface area contributed by atoms with Gasteiger partial charge in [0.05, 0.1) is 19.0 Å². The predicted molar refractivity (Wildman–Crippen MR) is 132 cm³/mol. The van der Waals surface area contributed by atoms with Crippen molar-refractivity contribution in [2.24, 2.45) is 0 Å². The Labute approximate surface area is 202 Å². The van der Waals surface area contributed by atoms with Crippen LogP contribution >= 0.6 is 0 Å². The van der Waals surface area contributed by atoms with Gasteiger partial charge in [-0.05, 0) is 81.2 Å². The Morgan fingerprint density at radius 3 is 2.62 bits per heavy atom. The molecule has 1 unspecified atom stereocenters. The third kappa shape index (κ3) is 8.45. The molecule has 0 aliphatic heterocycles. The van der Waals surface area contributed by atoms with Crippen LogP contribution in [-0.2, 0) is 19.1 Å². The fourth-order valence-electron chi connectivity index (χ4n) is 4.01. The highest BCUT2D eigenvalue weighted by molar-refractivity contribution is 5.92. The molecule has 0 aromatic rings. The van der Waals surface area contributed by atoms with Gasteiger partial charge in [0.2, 0.25) is 5.91 Å². The lowest BCUT2D eigenvalue weighted by atomic mass is 9.86. The Bertz CT molecular complexity index is 927. The van der Waals surface area contributed by atoms with Gasteiger partial charge in [0.15, 0.2) is 6.61 Å². The van der Waals surface area contributed by atoms with E-state index in [-0.39, 0.29) is 36.8 Å². The molecule has 7 heteroatoms. The second-order valence-electron chi connectivity index (χ2n) is 8.70. The van der Waals surface area contributed by atoms with Crippen LogP contribution in [0.1, 0.15) is 52.9 Å². The molecule has 0 heterocycles. The zero-order valence-corrected chi connectivity index (χ0v) is 20.6. The zero-order chi connectivity index (χ0) is 25.1. The molecule has 2 amide bonds. The monoisotopic (exact) mass is 472 g/mol. The number of nitrogens with one attached hydrogen (secondary N) is 2. The summed E-state index contributed by atoms with van der Waals surface area (Å²) in [5, 5.41) is 5.49. The highest BCUT2D eigenvalue weighted by atomic mass is 19.1. The van der Waals surface area contributed by atoms with E-state index in [1.807, 2.05) is 0 Å². The second-order valence-corrected chi connectivity index (χ2v) is 8.70. The van der Waals surface area contributed by atoms with Gasteiger partial charge in [-0.15, -0.1) is 0 Å². The second kappa shape index (κ2) is 13.7. The molecule has 34 heavy (non-hydrogen) atoms. The summed E-state index contributed by atoms with van der Waals surface area (Å²) in [7, 11) is 0. The van der Waals surface area contributed by atoms with Gasteiger partial charge in [-0.25, -0.2) is 4.39 Å². The molecule has 1 fully saturated rings. The van der Waals surface area contributed by atoms with Crippen molar-refractivity contribution in [3.63, 3.8) is 0 Å². The number of halogens is 1. The number of allylic oxidation sites excluding steroid dienone is 5. The molecule has 3 aliphatic rings. The largest absolute Gasteiger partial charge is 0.484 e. The third-order valence-electron chi connectivity index (χ3n) is 6.19. The lowest BCUT2D eigenvalue weighted by molar-refractivity contribution is -0.124. The summed E-state index contributed by atoms with van der Waals surface area (Å²) in [4.78, 5) is 24.1. The van der Waals surface area contributed by atoms with Crippen LogP contribution in [0.3, 0.4) is 0 Å². The molecule has 6 nitrogen and oxygen atoms in total. The molecule has 3 rings (SSSR count). The highest BCUT2D eigenvalue weighted by Gasteiger charge is 2.28. The van der Waals surface area contributed by atoms with Crippen LogP contribution in [-0.4, -0.2) is 44.2 Å². The summed E-state index contributed by atoms with van der Waals surface area (Å²) >= 11 is 0. The van der Waals surface area contributed by atoms with E-state index in [0.717, 1.165) is 19.3 Å². The molecular weight excluding hydrogens is 435 g/mol. The molecule has 2 bridgehead atoms. The summed E-state index contributed by atoms with van der Waals surface area (Å²) < 4.78 is 23.5. The van der Waals surface area contributed by atoms with E-state index in [1.165, 1.54) is 40.9 Å². The fourth-order valence-corrected chi connectivity index (χ4v) is 4.01. The Morgan fingerprint density at radius 2 is 1.88 bits per heavy atom. The van der Waals surface area contributed by atoms with Crippen LogP contribution in [0.4, 0.5) is 4.39 Å². The normalized spacial score (nSPS) is 18.2. The summed E-state index contributed by atoms with van der Waals surface area (Å²) in [5.41, 5.74) is 6.50. The van der Waals surface area contributed by atoms with Gasteiger partial charge in [-0.3, -0.25) is 9.59 Å². The van der Waals surface area contributed by atoms with Crippen LogP contribution in [0.25, 0.3) is 0 Å². The number of carbonyl (C=O) groups excluding carboxylic acids is 2. The molecule has 0 aromatic heterocycles. The molecule has 0 radical (unpaired) electrons. The number of ether oxygens (including phenoxy) is 2. The van der Waals surface area contributed by atoms with Gasteiger partial charge >= 0.3 is 0 Å². The maximum Gasteiger partial charge on any atom is 0.257 e. The molecule has 2 N–H and O–H groups in total. The van der Waals surface area contributed by atoms with Gasteiger partial charge in [-0.1, -0.05) is 24.8 Å². The third-order valence-corrected chi connectivity index (χ3v) is 6.19. The van der Waals surface area contributed by atoms with E-state index in [2.05, 4.69) is 37.6 Å². The van der Waals surface area contributed by atoms with Gasteiger partial charge in [0.1, 0.15) is 5.76 Å². The van der Waals surface area contributed by atoms with E-state index in [0.29, 0.717) is 37.0 Å². The van der Waals surface area contributed by atoms with E-state index in [1.54, 1.807) is 6.92 Å². The Kier molecular flexibility index (Phi) is 11.0. The smallest absolute Gasteiger partial charge is 0.257 e. The first kappa shape index (κ1) is 27.3. The molecule has 0 saturated heterocycles. The maximum atomic E-state index is 12.3. The number of amides is 2. The van der Waals surface area contributed by atoms with Crippen LogP contribution in [0.2, 0.25) is 0 Å². The quantitative estimate of drug-likeness (QED) is 0.176. The minimum Gasteiger partial charge on any atom is -0.484 e. The minimum atomic E-state index is -0.346. The molecule has 0 spiro atoms. The van der Waals surface area contributed by atoms with Crippen molar-refractivity contribution in [3.05, 3.63) is 70.8 Å². The predicted octanol–water partition coefficient (Wildman–Crippen LogP) is 4.73. The SMILES string of the molecule is C=C(/C=C\C(C)=C\F)OCC(=O)NCCC(=C)C(=O)NCCOC1CC2=C(C)C(C)=C1CCC2. The van der Waals surface area contributed by atoms with E-state index in [4.69, 9.17) is 9.47 Å². The Morgan fingerprint density at radius 1 is 1.12 bits per heavy atom. The first-order chi connectivity index (χ1) is 16.2. The zero-order valence-electron chi connectivity index (χ0n) is 20.6. The lowest BCUT2D eigenvalue weighted by Crippen LogP contribution is -2.33. The van der Waals surface area contributed by atoms with Crippen LogP contribution in [0, 0.1) is 0 Å². The topological polar surface area (TPSA) is 76.7 Å². The van der Waals surface area contributed by atoms with Gasteiger partial charge in [0, 0.05) is 18.7 Å². The lowest BCUT2D eigenvalue weighted by Gasteiger charge is -2.27. The summed E-state index contributed by atoms with van der Waals surface area (Å²) in [6.07, 6.45) is 8.24. The van der Waals surface area contributed by atoms with Crippen molar-refractivity contribution in [1.29, 1.82) is 0 Å². The highest BCUT2D eigenvalue weighted by Crippen LogP contribution is 2.40. The minimum absolute atomic E-state index is 0.120. The first-order valence-corrected chi connectivity index (χ1v) is 11.7. The van der Waals surface area contributed by atoms with Crippen molar-refractivity contribution in [2.45, 2.75) is 59.0 Å². The van der Waals surface area contributed by atoms with E-state index >= 15 is 0 Å². The first-order valence-electron chi connectivity index (χ1n) is 11.7. The number of carbonyl (C=O) groups is 2. The summed E-state index contributed by atoms with van der Waals surface area (Å²) in [5.74, 6) is -0.348. The van der Waals surface area contributed by atoms with Crippen molar-refractivity contribution in [3.8, 4) is 0 Å². The van der Waals surface area contributed by atoms with Crippen LogP contribution in [0.15, 0.2) is 70.8 Å². The van der Waals surface area contributed by atoms with Crippen LogP contribution < -0.4 is 10.6 Å². The molecule has 0 aromatic carbocycles. The van der Waals surface area contributed by atoms with Gasteiger partial charge in [-0.2, -0.15) is 0 Å². The van der Waals surface area contributed by atoms with Crippen molar-refractivity contribution in [1.82, 2.24) is 10.6 Å². The van der Waals surface area contributed by atoms with Gasteiger partial charge in [0.25, 0.3) is 5.91 Å². The van der Waals surface area contributed by atoms with Crippen LogP contribution in [0.5, 0.6) is 0 Å². The molecule has 1 saturated carbocycles. The number of hydrogen-bond donors (Lipinski definition) is 2. The Balaban J connectivity index is 1.59. The van der Waals surface area contributed by atoms with Gasteiger partial charge < -0.3 is 20.1 Å². The van der Waals surface area contributed by atoms with E-state index < -0.39 is 0 Å². The summed E-state index contributed by atoms with van der Waals surface area (Å²) in [6, 6.07) is 0.